The molecule has 2 radical (unpaired) electrons. The van der Waals surface area contributed by atoms with Crippen LogP contribution in [0.3, 0.4) is 0 Å². The maximum Gasteiger partial charge on any atom is 0.137 e. The summed E-state index contributed by atoms with van der Waals surface area (Å²) >= 11 is 0. The van der Waals surface area contributed by atoms with Gasteiger partial charge in [0.2, 0.25) is 0 Å². The molecular formula is C58H66N2O2. The number of rotatable bonds is 19. The molecule has 6 aromatic carbocycles. The van der Waals surface area contributed by atoms with Crippen LogP contribution >= 0.6 is 0 Å². The van der Waals surface area contributed by atoms with Crippen molar-refractivity contribution in [2.24, 2.45) is 23.7 Å². The van der Waals surface area contributed by atoms with E-state index in [1.54, 1.807) is 14.2 Å². The van der Waals surface area contributed by atoms with E-state index < -0.39 is 0 Å². The van der Waals surface area contributed by atoms with E-state index in [1.165, 1.54) is 93.4 Å². The molecule has 62 heavy (non-hydrogen) atoms. The first-order valence-corrected chi connectivity index (χ1v) is 23.4. The Labute approximate surface area is 370 Å². The van der Waals surface area contributed by atoms with Crippen LogP contribution < -0.4 is 9.47 Å². The van der Waals surface area contributed by atoms with Crippen molar-refractivity contribution in [3.05, 3.63) is 121 Å². The minimum Gasteiger partial charge on any atom is -0.495 e. The predicted octanol–water partition coefficient (Wildman–Crippen LogP) is 16.2. The van der Waals surface area contributed by atoms with Crippen LogP contribution in [0.5, 0.6) is 11.5 Å². The highest BCUT2D eigenvalue weighted by atomic mass is 16.5. The number of ether oxygens (including phenoxy) is 2. The lowest BCUT2D eigenvalue weighted by Gasteiger charge is -2.16. The maximum absolute atomic E-state index is 6.30. The second-order valence-corrected chi connectivity index (χ2v) is 18.9. The lowest BCUT2D eigenvalue weighted by Crippen LogP contribution is -2.05. The molecule has 0 spiro atoms. The van der Waals surface area contributed by atoms with Crippen molar-refractivity contribution in [2.45, 2.75) is 106 Å². The zero-order chi connectivity index (χ0) is 43.3. The summed E-state index contributed by atoms with van der Waals surface area (Å²) in [4.78, 5) is 0. The van der Waals surface area contributed by atoms with E-state index in [1.807, 2.05) is 0 Å². The normalized spacial score (nSPS) is 13.0. The molecule has 8 aromatic rings. The molecule has 0 saturated heterocycles. The van der Waals surface area contributed by atoms with Crippen molar-refractivity contribution >= 4 is 43.6 Å². The van der Waals surface area contributed by atoms with Crippen LogP contribution in [-0.2, 0) is 13.1 Å². The lowest BCUT2D eigenvalue weighted by molar-refractivity contribution is 0.409. The number of methoxy groups -OCH3 is 2. The molecule has 2 atom stereocenters. The molecule has 0 fully saturated rings. The van der Waals surface area contributed by atoms with E-state index in [-0.39, 0.29) is 0 Å². The highest BCUT2D eigenvalue weighted by molar-refractivity contribution is 6.14. The number of aromatic nitrogens is 2. The summed E-state index contributed by atoms with van der Waals surface area (Å²) in [6.45, 7) is 16.0. The summed E-state index contributed by atoms with van der Waals surface area (Å²) in [5, 5.41) is 4.79. The summed E-state index contributed by atoms with van der Waals surface area (Å²) in [5.41, 5.74) is 11.4. The fourth-order valence-electron chi connectivity index (χ4n) is 9.64. The molecule has 0 aliphatic heterocycles. The van der Waals surface area contributed by atoms with E-state index in [2.05, 4.69) is 172 Å². The smallest absolute Gasteiger partial charge is 0.137 e. The van der Waals surface area contributed by atoms with Crippen LogP contribution in [0.4, 0.5) is 0 Å². The number of aryl methyl sites for hydroxylation is 2. The molecule has 4 nitrogen and oxygen atoms in total. The predicted molar refractivity (Wildman–Crippen MR) is 264 cm³/mol. The van der Waals surface area contributed by atoms with E-state index in [9.17, 15) is 0 Å². The molecular weight excluding hydrogens is 757 g/mol. The van der Waals surface area contributed by atoms with Crippen LogP contribution in [-0.4, -0.2) is 23.4 Å². The zero-order valence-electron chi connectivity index (χ0n) is 38.5. The molecule has 0 amide bonds. The van der Waals surface area contributed by atoms with Gasteiger partial charge in [-0.3, -0.25) is 0 Å². The molecule has 0 aliphatic rings. The Morgan fingerprint density at radius 1 is 0.435 bits per heavy atom. The first-order valence-electron chi connectivity index (χ1n) is 23.4. The standard InChI is InChI=1S/C58H66N2O2/c1-39(2)17-15-19-41(5)29-31-59-53-27-25-45(43-21-11-9-12-22-43)33-47(53)49-35-51(57(61-7)37-55(49)59)52-36-50-48-34-46(44-23-13-10-14-24-44)26-28-54(48)60(56(50)38-58(52)62-8)32-30-42(6)20-16-18-40(3)4/h9-14,21-28,33-36,39-42H,15-20,29-32H2,1-8H3. The number of hydrogen-bond acceptors (Lipinski definition) is 2. The minimum absolute atomic E-state index is 0.634. The van der Waals surface area contributed by atoms with Gasteiger partial charge >= 0.3 is 0 Å². The van der Waals surface area contributed by atoms with Crippen molar-refractivity contribution in [1.82, 2.24) is 9.13 Å². The third kappa shape index (κ3) is 9.17. The molecule has 2 heterocycles. The van der Waals surface area contributed by atoms with Gasteiger partial charge in [-0.2, -0.15) is 0 Å². The third-order valence-electron chi connectivity index (χ3n) is 13.3. The van der Waals surface area contributed by atoms with Gasteiger partial charge in [0, 0.05) is 56.8 Å². The number of hydrogen-bond donors (Lipinski definition) is 0. The molecule has 0 saturated carbocycles. The van der Waals surface area contributed by atoms with Gasteiger partial charge in [0.05, 0.1) is 37.4 Å². The summed E-state index contributed by atoms with van der Waals surface area (Å²) in [6.07, 6.45) is 9.87. The highest BCUT2D eigenvalue weighted by Gasteiger charge is 2.23. The van der Waals surface area contributed by atoms with E-state index in [4.69, 9.17) is 9.47 Å². The minimum atomic E-state index is 0.634. The van der Waals surface area contributed by atoms with Crippen molar-refractivity contribution in [3.8, 4) is 44.9 Å². The Hall–Kier alpha value is -5.48. The average molecular weight is 823 g/mol. The van der Waals surface area contributed by atoms with E-state index in [0.29, 0.717) is 23.3 Å². The average Bonchev–Trinajstić information content (AvgIpc) is 3.76. The number of benzene rings is 6. The third-order valence-corrected chi connectivity index (χ3v) is 13.3. The van der Waals surface area contributed by atoms with Crippen LogP contribution in [0.25, 0.3) is 77.0 Å². The largest absolute Gasteiger partial charge is 0.495 e. The lowest BCUT2D eigenvalue weighted by atomic mass is 9.96. The molecule has 2 unspecified atom stereocenters. The molecule has 8 rings (SSSR count). The number of nitrogens with zero attached hydrogens (tertiary/aromatic N) is 2. The van der Waals surface area contributed by atoms with Crippen LogP contribution in [0.2, 0.25) is 0 Å². The first kappa shape index (κ1) is 43.2. The van der Waals surface area contributed by atoms with Gasteiger partial charge in [-0.15, -0.1) is 0 Å². The Morgan fingerprint density at radius 3 is 1.21 bits per heavy atom. The van der Waals surface area contributed by atoms with Gasteiger partial charge in [0.1, 0.15) is 11.5 Å². The number of fused-ring (bicyclic) bond motifs is 6. The summed E-state index contributed by atoms with van der Waals surface area (Å²) in [6, 6.07) is 47.7. The Balaban J connectivity index is 1.28. The van der Waals surface area contributed by atoms with Gasteiger partial charge in [0.15, 0.2) is 0 Å². The van der Waals surface area contributed by atoms with E-state index in [0.717, 1.165) is 59.9 Å². The quantitative estimate of drug-likeness (QED) is 0.0813. The second kappa shape index (κ2) is 19.3. The molecule has 0 aliphatic carbocycles. The zero-order valence-corrected chi connectivity index (χ0v) is 38.5. The summed E-state index contributed by atoms with van der Waals surface area (Å²) < 4.78 is 17.6. The van der Waals surface area contributed by atoms with Crippen LogP contribution in [0, 0.1) is 35.8 Å². The SMILES string of the molecule is COc1[c]c2c(cc1-c1cc3c4cc(-c5ccccc5)ccc4n(CCC(C)CCCC(C)C)c3[c]c1OC)c1cc(-c3ccccc3)ccc1n2CCC(C)CCCC(C)C. The monoisotopic (exact) mass is 823 g/mol. The fraction of sp³-hybridized carbons (Fsp3) is 0.379. The Bertz CT molecular complexity index is 2560. The highest BCUT2D eigenvalue weighted by Crippen LogP contribution is 2.45. The Kier molecular flexibility index (Phi) is 13.4. The van der Waals surface area contributed by atoms with Gasteiger partial charge < -0.3 is 18.6 Å². The maximum atomic E-state index is 6.30. The van der Waals surface area contributed by atoms with Crippen LogP contribution in [0.15, 0.2) is 109 Å². The van der Waals surface area contributed by atoms with Gasteiger partial charge in [-0.1, -0.05) is 153 Å². The second-order valence-electron chi connectivity index (χ2n) is 18.9. The van der Waals surface area contributed by atoms with Crippen molar-refractivity contribution in [1.29, 1.82) is 0 Å². The van der Waals surface area contributed by atoms with Crippen molar-refractivity contribution in [3.63, 3.8) is 0 Å². The topological polar surface area (TPSA) is 28.3 Å². The van der Waals surface area contributed by atoms with Gasteiger partial charge in [-0.25, -0.2) is 0 Å². The van der Waals surface area contributed by atoms with E-state index >= 15 is 0 Å². The Morgan fingerprint density at radius 2 is 0.839 bits per heavy atom. The first-order chi connectivity index (χ1) is 30.1. The molecule has 4 heteroatoms. The van der Waals surface area contributed by atoms with Gasteiger partial charge in [0.25, 0.3) is 0 Å². The molecule has 0 bridgehead atoms. The van der Waals surface area contributed by atoms with Crippen LogP contribution in [0.1, 0.15) is 92.9 Å². The van der Waals surface area contributed by atoms with Crippen molar-refractivity contribution in [2.75, 3.05) is 14.2 Å². The molecule has 2 aromatic heterocycles. The summed E-state index contributed by atoms with van der Waals surface area (Å²) in [7, 11) is 3.54. The molecule has 0 N–H and O–H groups in total. The van der Waals surface area contributed by atoms with Gasteiger partial charge in [-0.05, 0) is 95.2 Å². The fourth-order valence-corrected chi connectivity index (χ4v) is 9.64. The molecule has 320 valence electrons. The summed E-state index contributed by atoms with van der Waals surface area (Å²) in [5.74, 6) is 4.19. The van der Waals surface area contributed by atoms with Crippen molar-refractivity contribution < 1.29 is 9.47 Å².